The normalized spacial score (nSPS) is 10.3. The molecule has 0 radical (unpaired) electrons. The molecule has 0 spiro atoms. The molecule has 0 aromatic heterocycles. The Morgan fingerprint density at radius 1 is 1.53 bits per heavy atom. The first kappa shape index (κ1) is 14.4. The van der Waals surface area contributed by atoms with Gasteiger partial charge >= 0.3 is 0 Å². The average molecular weight is 274 g/mol. The molecule has 1 amide bonds. The number of methoxy groups -OCH3 is 1. The number of ether oxygens (including phenoxy) is 1. The Balaban J connectivity index is 2.40. The fourth-order valence-corrected chi connectivity index (χ4v) is 2.17. The zero-order chi connectivity index (χ0) is 12.7. The van der Waals surface area contributed by atoms with Gasteiger partial charge in [0.1, 0.15) is 0 Å². The number of rotatable bonds is 6. The Morgan fingerprint density at radius 2 is 2.29 bits per heavy atom. The molecule has 17 heavy (non-hydrogen) atoms. The fourth-order valence-electron chi connectivity index (χ4n) is 1.26. The Hall–Kier alpha value is -0.710. The highest BCUT2D eigenvalue weighted by atomic mass is 35.5. The highest BCUT2D eigenvalue weighted by Gasteiger charge is 2.05. The molecular weight excluding hydrogens is 258 g/mol. The van der Waals surface area contributed by atoms with Crippen LogP contribution in [0.4, 0.5) is 5.69 Å². The molecule has 94 valence electrons. The van der Waals surface area contributed by atoms with E-state index in [1.807, 2.05) is 19.1 Å². The lowest BCUT2D eigenvalue weighted by Crippen LogP contribution is -2.15. The molecule has 0 bridgehead atoms. The number of thioether (sulfide) groups is 1. The van der Waals surface area contributed by atoms with Crippen LogP contribution in [0.15, 0.2) is 18.2 Å². The van der Waals surface area contributed by atoms with Crippen LogP contribution in [0.3, 0.4) is 0 Å². The summed E-state index contributed by atoms with van der Waals surface area (Å²) in [6.07, 6.45) is 0. The number of hydrogen-bond donors (Lipinski definition) is 1. The second kappa shape index (κ2) is 7.58. The van der Waals surface area contributed by atoms with Crippen molar-refractivity contribution < 1.29 is 9.53 Å². The van der Waals surface area contributed by atoms with Gasteiger partial charge in [0.2, 0.25) is 5.91 Å². The fraction of sp³-hybridized carbons (Fsp3) is 0.417. The number of aryl methyl sites for hydroxylation is 1. The molecule has 1 rings (SSSR count). The van der Waals surface area contributed by atoms with Crippen molar-refractivity contribution in [2.75, 3.05) is 30.5 Å². The van der Waals surface area contributed by atoms with Crippen molar-refractivity contribution in [3.8, 4) is 0 Å². The quantitative estimate of drug-likeness (QED) is 0.810. The SMILES string of the molecule is COCCSCC(=O)Nc1ccc(Cl)cc1C. The van der Waals surface area contributed by atoms with Gasteiger partial charge in [0, 0.05) is 23.6 Å². The Labute approximate surface area is 111 Å². The zero-order valence-corrected chi connectivity index (χ0v) is 11.5. The molecular formula is C12H16ClNO2S. The van der Waals surface area contributed by atoms with Crippen molar-refractivity contribution in [2.45, 2.75) is 6.92 Å². The van der Waals surface area contributed by atoms with E-state index >= 15 is 0 Å². The van der Waals surface area contributed by atoms with Crippen LogP contribution in [0.1, 0.15) is 5.56 Å². The summed E-state index contributed by atoms with van der Waals surface area (Å²) in [5.41, 5.74) is 1.78. The maximum Gasteiger partial charge on any atom is 0.234 e. The third kappa shape index (κ3) is 5.44. The largest absolute Gasteiger partial charge is 0.384 e. The van der Waals surface area contributed by atoms with E-state index in [0.717, 1.165) is 17.0 Å². The molecule has 1 aromatic rings. The van der Waals surface area contributed by atoms with Gasteiger partial charge in [0.05, 0.1) is 12.4 Å². The molecule has 0 saturated carbocycles. The second-order valence-electron chi connectivity index (χ2n) is 3.55. The van der Waals surface area contributed by atoms with Crippen LogP contribution in [0.25, 0.3) is 0 Å². The summed E-state index contributed by atoms with van der Waals surface area (Å²) in [6, 6.07) is 5.41. The van der Waals surface area contributed by atoms with E-state index in [4.69, 9.17) is 16.3 Å². The van der Waals surface area contributed by atoms with Gasteiger partial charge in [-0.1, -0.05) is 11.6 Å². The van der Waals surface area contributed by atoms with Crippen molar-refractivity contribution >= 4 is 35.0 Å². The standard InChI is InChI=1S/C12H16ClNO2S/c1-9-7-10(13)3-4-11(9)14-12(15)8-17-6-5-16-2/h3-4,7H,5-6,8H2,1-2H3,(H,14,15). The van der Waals surface area contributed by atoms with Crippen LogP contribution in [0, 0.1) is 6.92 Å². The Morgan fingerprint density at radius 3 is 2.94 bits per heavy atom. The second-order valence-corrected chi connectivity index (χ2v) is 5.09. The lowest BCUT2D eigenvalue weighted by molar-refractivity contribution is -0.113. The van der Waals surface area contributed by atoms with E-state index in [0.29, 0.717) is 17.4 Å². The smallest absolute Gasteiger partial charge is 0.234 e. The van der Waals surface area contributed by atoms with E-state index in [1.165, 1.54) is 0 Å². The number of amides is 1. The van der Waals surface area contributed by atoms with Crippen molar-refractivity contribution in [1.29, 1.82) is 0 Å². The minimum absolute atomic E-state index is 0.00322. The minimum atomic E-state index is -0.00322. The van der Waals surface area contributed by atoms with Gasteiger partial charge in [-0.2, -0.15) is 0 Å². The summed E-state index contributed by atoms with van der Waals surface area (Å²) in [6.45, 7) is 2.58. The first-order valence-electron chi connectivity index (χ1n) is 5.26. The van der Waals surface area contributed by atoms with Crippen LogP contribution < -0.4 is 5.32 Å². The number of halogens is 1. The lowest BCUT2D eigenvalue weighted by atomic mass is 10.2. The predicted molar refractivity (Wildman–Crippen MR) is 74.0 cm³/mol. The van der Waals surface area contributed by atoms with Crippen LogP contribution in [-0.4, -0.2) is 31.1 Å². The van der Waals surface area contributed by atoms with Crippen molar-refractivity contribution in [2.24, 2.45) is 0 Å². The molecule has 0 fully saturated rings. The van der Waals surface area contributed by atoms with E-state index in [-0.39, 0.29) is 5.91 Å². The molecule has 5 heteroatoms. The third-order valence-corrected chi connectivity index (χ3v) is 3.28. The van der Waals surface area contributed by atoms with E-state index in [2.05, 4.69) is 5.32 Å². The molecule has 0 heterocycles. The third-order valence-electron chi connectivity index (χ3n) is 2.13. The first-order chi connectivity index (χ1) is 8.13. The molecule has 3 nitrogen and oxygen atoms in total. The molecule has 0 atom stereocenters. The number of carbonyl (C=O) groups excluding carboxylic acids is 1. The number of hydrogen-bond acceptors (Lipinski definition) is 3. The summed E-state index contributed by atoms with van der Waals surface area (Å²) in [4.78, 5) is 11.6. The van der Waals surface area contributed by atoms with Crippen molar-refractivity contribution in [3.05, 3.63) is 28.8 Å². The molecule has 0 aliphatic heterocycles. The first-order valence-corrected chi connectivity index (χ1v) is 6.79. The van der Waals surface area contributed by atoms with Gasteiger partial charge in [-0.25, -0.2) is 0 Å². The number of anilines is 1. The number of nitrogens with one attached hydrogen (secondary N) is 1. The number of benzene rings is 1. The van der Waals surface area contributed by atoms with Crippen LogP contribution >= 0.6 is 23.4 Å². The Kier molecular flexibility index (Phi) is 6.40. The van der Waals surface area contributed by atoms with Crippen molar-refractivity contribution in [3.63, 3.8) is 0 Å². The van der Waals surface area contributed by atoms with E-state index in [9.17, 15) is 4.79 Å². The average Bonchev–Trinajstić information content (AvgIpc) is 2.28. The highest BCUT2D eigenvalue weighted by Crippen LogP contribution is 2.19. The van der Waals surface area contributed by atoms with Gasteiger partial charge in [-0.3, -0.25) is 4.79 Å². The van der Waals surface area contributed by atoms with E-state index < -0.39 is 0 Å². The number of carbonyl (C=O) groups is 1. The molecule has 1 aromatic carbocycles. The Bertz CT molecular complexity index is 385. The van der Waals surface area contributed by atoms with Gasteiger partial charge < -0.3 is 10.1 Å². The van der Waals surface area contributed by atoms with Crippen LogP contribution in [0.5, 0.6) is 0 Å². The predicted octanol–water partition coefficient (Wildman–Crippen LogP) is 2.97. The molecule has 0 saturated heterocycles. The van der Waals surface area contributed by atoms with E-state index in [1.54, 1.807) is 24.9 Å². The summed E-state index contributed by atoms with van der Waals surface area (Å²) >= 11 is 7.39. The van der Waals surface area contributed by atoms with Crippen LogP contribution in [-0.2, 0) is 9.53 Å². The zero-order valence-electron chi connectivity index (χ0n) is 9.96. The van der Waals surface area contributed by atoms with Gasteiger partial charge in [0.25, 0.3) is 0 Å². The molecule has 0 unspecified atom stereocenters. The maximum atomic E-state index is 11.6. The van der Waals surface area contributed by atoms with Crippen molar-refractivity contribution in [1.82, 2.24) is 0 Å². The lowest BCUT2D eigenvalue weighted by Gasteiger charge is -2.08. The topological polar surface area (TPSA) is 38.3 Å². The van der Waals surface area contributed by atoms with Gasteiger partial charge in [-0.05, 0) is 30.7 Å². The van der Waals surface area contributed by atoms with Gasteiger partial charge in [-0.15, -0.1) is 11.8 Å². The minimum Gasteiger partial charge on any atom is -0.384 e. The maximum absolute atomic E-state index is 11.6. The summed E-state index contributed by atoms with van der Waals surface area (Å²) < 4.78 is 4.91. The summed E-state index contributed by atoms with van der Waals surface area (Å²) in [5.74, 6) is 1.26. The molecule has 0 aliphatic carbocycles. The monoisotopic (exact) mass is 273 g/mol. The molecule has 0 aliphatic rings. The highest BCUT2D eigenvalue weighted by molar-refractivity contribution is 7.99. The summed E-state index contributed by atoms with van der Waals surface area (Å²) in [7, 11) is 1.65. The van der Waals surface area contributed by atoms with Crippen LogP contribution in [0.2, 0.25) is 5.02 Å². The summed E-state index contributed by atoms with van der Waals surface area (Å²) in [5, 5.41) is 3.53. The van der Waals surface area contributed by atoms with Gasteiger partial charge in [0.15, 0.2) is 0 Å². The molecule has 1 N–H and O–H groups in total.